The molecule has 2 aromatic heterocycles. The molecule has 3 aromatic rings. The van der Waals surface area contributed by atoms with Gasteiger partial charge in [0.05, 0.1) is 16.9 Å². The second kappa shape index (κ2) is 5.58. The fraction of sp³-hybridized carbons (Fsp3) is 0.125. The van der Waals surface area contributed by atoms with Gasteiger partial charge in [-0.15, -0.1) is 0 Å². The highest BCUT2D eigenvalue weighted by Crippen LogP contribution is 2.27. The van der Waals surface area contributed by atoms with Crippen molar-refractivity contribution in [1.82, 2.24) is 14.5 Å². The average Bonchev–Trinajstić information content (AvgIpc) is 2.90. The Hall–Kier alpha value is -2.33. The molecule has 0 saturated heterocycles. The molecule has 0 aliphatic rings. The lowest BCUT2D eigenvalue weighted by molar-refractivity contribution is 0.928. The van der Waals surface area contributed by atoms with Crippen molar-refractivity contribution >= 4 is 23.2 Å². The first-order chi connectivity index (χ1) is 10.1. The van der Waals surface area contributed by atoms with E-state index in [4.69, 9.17) is 11.6 Å². The lowest BCUT2D eigenvalue weighted by atomic mass is 10.2. The van der Waals surface area contributed by atoms with Crippen LogP contribution in [0.2, 0.25) is 5.02 Å². The number of anilines is 2. The summed E-state index contributed by atoms with van der Waals surface area (Å²) < 4.78 is 1.96. The molecule has 0 bridgehead atoms. The van der Waals surface area contributed by atoms with Gasteiger partial charge < -0.3 is 9.88 Å². The normalized spacial score (nSPS) is 10.6. The fourth-order valence-corrected chi connectivity index (χ4v) is 2.31. The van der Waals surface area contributed by atoms with E-state index in [2.05, 4.69) is 15.3 Å². The third kappa shape index (κ3) is 2.90. The lowest BCUT2D eigenvalue weighted by Crippen LogP contribution is -1.99. The first-order valence-corrected chi connectivity index (χ1v) is 6.99. The number of hydrogen-bond donors (Lipinski definition) is 1. The summed E-state index contributed by atoms with van der Waals surface area (Å²) in [5, 5.41) is 3.77. The van der Waals surface area contributed by atoms with Crippen molar-refractivity contribution in [3.05, 3.63) is 59.5 Å². The van der Waals surface area contributed by atoms with Crippen molar-refractivity contribution in [3.63, 3.8) is 0 Å². The average molecular weight is 299 g/mol. The van der Waals surface area contributed by atoms with Crippen molar-refractivity contribution in [2.75, 3.05) is 5.32 Å². The molecule has 4 nitrogen and oxygen atoms in total. The van der Waals surface area contributed by atoms with E-state index in [0.717, 1.165) is 22.5 Å². The van der Waals surface area contributed by atoms with E-state index in [1.165, 1.54) is 0 Å². The minimum atomic E-state index is 0.535. The zero-order valence-corrected chi connectivity index (χ0v) is 12.6. The predicted octanol–water partition coefficient (Wildman–Crippen LogP) is 4.19. The number of hydrogen-bond acceptors (Lipinski definition) is 3. The summed E-state index contributed by atoms with van der Waals surface area (Å²) >= 11 is 6.21. The van der Waals surface area contributed by atoms with Crippen LogP contribution in [0.25, 0.3) is 11.3 Å². The molecule has 1 aromatic carbocycles. The van der Waals surface area contributed by atoms with Crippen LogP contribution in [-0.4, -0.2) is 14.5 Å². The second-order valence-corrected chi connectivity index (χ2v) is 5.30. The van der Waals surface area contributed by atoms with E-state index in [1.807, 2.05) is 61.3 Å². The Bertz CT molecular complexity index is 779. The fourth-order valence-electron chi connectivity index (χ4n) is 2.11. The van der Waals surface area contributed by atoms with Crippen molar-refractivity contribution < 1.29 is 0 Å². The van der Waals surface area contributed by atoms with Gasteiger partial charge >= 0.3 is 0 Å². The predicted molar refractivity (Wildman–Crippen MR) is 85.9 cm³/mol. The molecule has 0 saturated carbocycles. The van der Waals surface area contributed by atoms with Crippen LogP contribution in [0.15, 0.2) is 48.9 Å². The minimum Gasteiger partial charge on any atom is -0.357 e. The van der Waals surface area contributed by atoms with E-state index < -0.39 is 0 Å². The van der Waals surface area contributed by atoms with Crippen molar-refractivity contribution in [2.45, 2.75) is 6.92 Å². The Labute approximate surface area is 128 Å². The quantitative estimate of drug-likeness (QED) is 0.788. The van der Waals surface area contributed by atoms with Crippen LogP contribution in [0.1, 0.15) is 5.56 Å². The maximum Gasteiger partial charge on any atom is 0.227 e. The topological polar surface area (TPSA) is 42.7 Å². The summed E-state index contributed by atoms with van der Waals surface area (Å²) in [5.41, 5.74) is 3.82. The van der Waals surface area contributed by atoms with Gasteiger partial charge in [-0.3, -0.25) is 0 Å². The van der Waals surface area contributed by atoms with Crippen LogP contribution in [0, 0.1) is 6.92 Å². The molecular weight excluding hydrogens is 284 g/mol. The molecular formula is C16H15ClN4. The van der Waals surface area contributed by atoms with Crippen LogP contribution in [-0.2, 0) is 7.05 Å². The Morgan fingerprint density at radius 1 is 1.19 bits per heavy atom. The molecule has 106 valence electrons. The van der Waals surface area contributed by atoms with E-state index in [-0.39, 0.29) is 0 Å². The SMILES string of the molecule is Cc1ccccc1Nc1ncc(Cl)c(-c2ccn(C)c2)n1. The Morgan fingerprint density at radius 3 is 2.71 bits per heavy atom. The molecule has 5 heteroatoms. The molecule has 3 rings (SSSR count). The van der Waals surface area contributed by atoms with Gasteiger partial charge in [-0.2, -0.15) is 0 Å². The molecule has 0 radical (unpaired) electrons. The smallest absolute Gasteiger partial charge is 0.227 e. The van der Waals surface area contributed by atoms with Gasteiger partial charge in [-0.05, 0) is 24.6 Å². The molecule has 1 N–H and O–H groups in total. The third-order valence-electron chi connectivity index (χ3n) is 3.24. The van der Waals surface area contributed by atoms with Crippen molar-refractivity contribution in [3.8, 4) is 11.3 Å². The van der Waals surface area contributed by atoms with E-state index in [1.54, 1.807) is 6.20 Å². The monoisotopic (exact) mass is 298 g/mol. The number of para-hydroxylation sites is 1. The summed E-state index contributed by atoms with van der Waals surface area (Å²) in [6, 6.07) is 9.99. The van der Waals surface area contributed by atoms with Gasteiger partial charge in [0.25, 0.3) is 0 Å². The molecule has 0 spiro atoms. The van der Waals surface area contributed by atoms with E-state index in [0.29, 0.717) is 11.0 Å². The van der Waals surface area contributed by atoms with E-state index >= 15 is 0 Å². The molecule has 0 fully saturated rings. The number of benzene rings is 1. The first-order valence-electron chi connectivity index (χ1n) is 6.61. The number of rotatable bonds is 3. The van der Waals surface area contributed by atoms with Crippen LogP contribution < -0.4 is 5.32 Å². The maximum absolute atomic E-state index is 6.21. The number of aryl methyl sites for hydroxylation is 2. The molecule has 0 aliphatic heterocycles. The number of halogens is 1. The summed E-state index contributed by atoms with van der Waals surface area (Å²) in [6.07, 6.45) is 5.56. The van der Waals surface area contributed by atoms with Crippen molar-refractivity contribution in [1.29, 1.82) is 0 Å². The standard InChI is InChI=1S/C16H15ClN4/c1-11-5-3-4-6-14(11)19-16-18-9-13(17)15(20-16)12-7-8-21(2)10-12/h3-10H,1-2H3,(H,18,19,20). The van der Waals surface area contributed by atoms with Crippen LogP contribution >= 0.6 is 11.6 Å². The first kappa shape index (κ1) is 13.6. The lowest BCUT2D eigenvalue weighted by Gasteiger charge is -2.09. The highest BCUT2D eigenvalue weighted by molar-refractivity contribution is 6.32. The molecule has 0 amide bonds. The number of aromatic nitrogens is 3. The highest BCUT2D eigenvalue weighted by Gasteiger charge is 2.09. The molecule has 0 unspecified atom stereocenters. The summed E-state index contributed by atoms with van der Waals surface area (Å²) in [6.45, 7) is 2.04. The largest absolute Gasteiger partial charge is 0.357 e. The van der Waals surface area contributed by atoms with E-state index in [9.17, 15) is 0 Å². The molecule has 21 heavy (non-hydrogen) atoms. The third-order valence-corrected chi connectivity index (χ3v) is 3.52. The van der Waals surface area contributed by atoms with Crippen LogP contribution in [0.4, 0.5) is 11.6 Å². The summed E-state index contributed by atoms with van der Waals surface area (Å²) in [7, 11) is 1.96. The van der Waals surface area contributed by atoms with Gasteiger partial charge in [-0.25, -0.2) is 9.97 Å². The summed E-state index contributed by atoms with van der Waals surface area (Å²) in [5.74, 6) is 0.535. The zero-order chi connectivity index (χ0) is 14.8. The maximum atomic E-state index is 6.21. The van der Waals surface area contributed by atoms with Gasteiger partial charge in [0.2, 0.25) is 5.95 Å². The Kier molecular flexibility index (Phi) is 3.62. The molecule has 2 heterocycles. The minimum absolute atomic E-state index is 0.535. The van der Waals surface area contributed by atoms with Gasteiger partial charge in [-0.1, -0.05) is 29.8 Å². The van der Waals surface area contributed by atoms with Gasteiger partial charge in [0, 0.05) is 30.7 Å². The summed E-state index contributed by atoms with van der Waals surface area (Å²) in [4.78, 5) is 8.77. The highest BCUT2D eigenvalue weighted by atomic mass is 35.5. The number of nitrogens with zero attached hydrogens (tertiary/aromatic N) is 3. The van der Waals surface area contributed by atoms with Gasteiger partial charge in [0.1, 0.15) is 0 Å². The zero-order valence-electron chi connectivity index (χ0n) is 11.8. The number of nitrogens with one attached hydrogen (secondary N) is 1. The second-order valence-electron chi connectivity index (χ2n) is 4.90. The molecule has 0 atom stereocenters. The van der Waals surface area contributed by atoms with Gasteiger partial charge in [0.15, 0.2) is 0 Å². The van der Waals surface area contributed by atoms with Crippen LogP contribution in [0.5, 0.6) is 0 Å². The molecule has 0 aliphatic carbocycles. The Balaban J connectivity index is 1.96. The van der Waals surface area contributed by atoms with Crippen LogP contribution in [0.3, 0.4) is 0 Å². The van der Waals surface area contributed by atoms with Crippen molar-refractivity contribution in [2.24, 2.45) is 7.05 Å². The Morgan fingerprint density at radius 2 is 2.00 bits per heavy atom.